The second kappa shape index (κ2) is 9.18. The minimum Gasteiger partial charge on any atom is -0.497 e. The third kappa shape index (κ3) is 4.84. The number of carbonyl (C=O) groups is 1. The normalized spacial score (nSPS) is 16.8. The van der Waals surface area contributed by atoms with Crippen LogP contribution < -0.4 is 10.1 Å². The lowest BCUT2D eigenvalue weighted by molar-refractivity contribution is -0.126. The average molecular weight is 431 g/mol. The Morgan fingerprint density at radius 3 is 2.30 bits per heavy atom. The Labute approximate surface area is 179 Å². The van der Waals surface area contributed by atoms with Crippen molar-refractivity contribution in [1.29, 1.82) is 0 Å². The summed E-state index contributed by atoms with van der Waals surface area (Å²) in [7, 11) is -2.02. The van der Waals surface area contributed by atoms with Crippen LogP contribution in [0.1, 0.15) is 42.5 Å². The minimum absolute atomic E-state index is 0.0102. The number of sulfonamides is 1. The first-order valence-electron chi connectivity index (χ1n) is 10.2. The van der Waals surface area contributed by atoms with Crippen LogP contribution in [0, 0.1) is 19.8 Å². The first-order chi connectivity index (χ1) is 14.2. The lowest BCUT2D eigenvalue weighted by Gasteiger charge is -2.31. The Balaban J connectivity index is 1.59. The van der Waals surface area contributed by atoms with E-state index in [1.54, 1.807) is 31.4 Å². The van der Waals surface area contributed by atoms with E-state index in [-0.39, 0.29) is 22.8 Å². The SMILES string of the molecule is COc1ccc(S(=O)(=O)N2CCC(C(=O)N[C@@H](C)c3ccc(C)cc3C)CC2)cc1. The van der Waals surface area contributed by atoms with Gasteiger partial charge in [-0.2, -0.15) is 4.31 Å². The lowest BCUT2D eigenvalue weighted by atomic mass is 9.95. The number of hydrogen-bond donors (Lipinski definition) is 1. The summed E-state index contributed by atoms with van der Waals surface area (Å²) in [6.07, 6.45) is 1.03. The number of carbonyl (C=O) groups excluding carboxylic acids is 1. The van der Waals surface area contributed by atoms with Gasteiger partial charge in [-0.05, 0) is 69.0 Å². The van der Waals surface area contributed by atoms with E-state index in [0.717, 1.165) is 11.1 Å². The van der Waals surface area contributed by atoms with Gasteiger partial charge in [0.15, 0.2) is 0 Å². The number of methoxy groups -OCH3 is 1. The summed E-state index contributed by atoms with van der Waals surface area (Å²) in [6.45, 7) is 6.76. The van der Waals surface area contributed by atoms with Crippen LogP contribution in [-0.2, 0) is 14.8 Å². The van der Waals surface area contributed by atoms with Crippen LogP contribution in [0.5, 0.6) is 5.75 Å². The summed E-state index contributed by atoms with van der Waals surface area (Å²) < 4.78 is 32.3. The highest BCUT2D eigenvalue weighted by Crippen LogP contribution is 2.26. The number of nitrogens with zero attached hydrogens (tertiary/aromatic N) is 1. The molecule has 3 rings (SSSR count). The van der Waals surface area contributed by atoms with Crippen molar-refractivity contribution >= 4 is 15.9 Å². The van der Waals surface area contributed by atoms with E-state index in [1.807, 2.05) is 26.8 Å². The molecular formula is C23H30N2O4S. The molecule has 1 N–H and O–H groups in total. The monoisotopic (exact) mass is 430 g/mol. The summed E-state index contributed by atoms with van der Waals surface area (Å²) >= 11 is 0. The molecule has 1 heterocycles. The molecule has 0 saturated carbocycles. The fourth-order valence-electron chi connectivity index (χ4n) is 3.98. The van der Waals surface area contributed by atoms with Gasteiger partial charge in [0.1, 0.15) is 5.75 Å². The second-order valence-electron chi connectivity index (χ2n) is 7.94. The highest BCUT2D eigenvalue weighted by molar-refractivity contribution is 7.89. The molecular weight excluding hydrogens is 400 g/mol. The molecule has 7 heteroatoms. The molecule has 0 aliphatic carbocycles. The lowest BCUT2D eigenvalue weighted by Crippen LogP contribution is -2.43. The average Bonchev–Trinajstić information content (AvgIpc) is 2.73. The van der Waals surface area contributed by atoms with Gasteiger partial charge in [-0.15, -0.1) is 0 Å². The van der Waals surface area contributed by atoms with Crippen LogP contribution in [0.3, 0.4) is 0 Å². The molecule has 0 unspecified atom stereocenters. The van der Waals surface area contributed by atoms with Gasteiger partial charge in [0.05, 0.1) is 18.0 Å². The van der Waals surface area contributed by atoms with E-state index >= 15 is 0 Å². The molecule has 1 aliphatic rings. The molecule has 6 nitrogen and oxygen atoms in total. The summed E-state index contributed by atoms with van der Waals surface area (Å²) in [5.41, 5.74) is 3.46. The Morgan fingerprint density at radius 1 is 1.10 bits per heavy atom. The number of piperidine rings is 1. The van der Waals surface area contributed by atoms with Crippen LogP contribution >= 0.6 is 0 Å². The smallest absolute Gasteiger partial charge is 0.243 e. The standard InChI is InChI=1S/C23H30N2O4S/c1-16-5-10-22(17(2)15-16)18(3)24-23(26)19-11-13-25(14-12-19)30(27,28)21-8-6-20(29-4)7-9-21/h5-10,15,18-19H,11-14H2,1-4H3,(H,24,26)/t18-/m0/s1. The Morgan fingerprint density at radius 2 is 1.73 bits per heavy atom. The first kappa shape index (κ1) is 22.3. The van der Waals surface area contributed by atoms with Crippen molar-refractivity contribution in [3.63, 3.8) is 0 Å². The summed E-state index contributed by atoms with van der Waals surface area (Å²) in [4.78, 5) is 13.0. The van der Waals surface area contributed by atoms with Crippen molar-refractivity contribution in [3.8, 4) is 5.75 Å². The fraction of sp³-hybridized carbons (Fsp3) is 0.435. The number of hydrogen-bond acceptors (Lipinski definition) is 4. The highest BCUT2D eigenvalue weighted by Gasteiger charge is 2.32. The topological polar surface area (TPSA) is 75.7 Å². The molecule has 0 bridgehead atoms. The van der Waals surface area contributed by atoms with Crippen LogP contribution in [0.2, 0.25) is 0 Å². The molecule has 2 aromatic carbocycles. The molecule has 0 aromatic heterocycles. The fourth-order valence-corrected chi connectivity index (χ4v) is 5.45. The summed E-state index contributed by atoms with van der Waals surface area (Å²) in [6, 6.07) is 12.5. The maximum atomic E-state index is 12.9. The zero-order valence-corrected chi connectivity index (χ0v) is 18.8. The Hall–Kier alpha value is -2.38. The van der Waals surface area contributed by atoms with E-state index in [1.165, 1.54) is 9.87 Å². The molecule has 1 aliphatic heterocycles. The third-order valence-electron chi connectivity index (χ3n) is 5.77. The van der Waals surface area contributed by atoms with Crippen molar-refractivity contribution in [1.82, 2.24) is 9.62 Å². The predicted molar refractivity (Wildman–Crippen MR) is 117 cm³/mol. The van der Waals surface area contributed by atoms with Crippen LogP contribution in [0.4, 0.5) is 0 Å². The zero-order valence-electron chi connectivity index (χ0n) is 18.0. The number of ether oxygens (including phenoxy) is 1. The highest BCUT2D eigenvalue weighted by atomic mass is 32.2. The van der Waals surface area contributed by atoms with Gasteiger partial charge < -0.3 is 10.1 Å². The van der Waals surface area contributed by atoms with Gasteiger partial charge in [-0.3, -0.25) is 4.79 Å². The minimum atomic E-state index is -3.57. The molecule has 1 atom stereocenters. The van der Waals surface area contributed by atoms with Gasteiger partial charge in [0.2, 0.25) is 15.9 Å². The van der Waals surface area contributed by atoms with Crippen molar-refractivity contribution in [2.45, 2.75) is 44.6 Å². The van der Waals surface area contributed by atoms with E-state index in [0.29, 0.717) is 31.7 Å². The first-order valence-corrected chi connectivity index (χ1v) is 11.7. The second-order valence-corrected chi connectivity index (χ2v) is 9.88. The van der Waals surface area contributed by atoms with E-state index in [2.05, 4.69) is 17.4 Å². The number of rotatable bonds is 6. The molecule has 1 saturated heterocycles. The number of benzene rings is 2. The zero-order chi connectivity index (χ0) is 21.9. The van der Waals surface area contributed by atoms with Gasteiger partial charge in [0, 0.05) is 19.0 Å². The molecule has 0 spiro atoms. The molecule has 162 valence electrons. The summed E-state index contributed by atoms with van der Waals surface area (Å²) in [5, 5.41) is 3.10. The van der Waals surface area contributed by atoms with E-state index in [9.17, 15) is 13.2 Å². The van der Waals surface area contributed by atoms with E-state index < -0.39 is 10.0 Å². The van der Waals surface area contributed by atoms with Crippen molar-refractivity contribution in [3.05, 3.63) is 59.2 Å². The molecule has 0 radical (unpaired) electrons. The van der Waals surface area contributed by atoms with Crippen molar-refractivity contribution in [2.24, 2.45) is 5.92 Å². The number of aryl methyl sites for hydroxylation is 2. The van der Waals surface area contributed by atoms with Crippen LogP contribution in [-0.4, -0.2) is 38.8 Å². The number of nitrogens with one attached hydrogen (secondary N) is 1. The quantitative estimate of drug-likeness (QED) is 0.760. The molecule has 30 heavy (non-hydrogen) atoms. The van der Waals surface area contributed by atoms with Gasteiger partial charge in [-0.1, -0.05) is 23.8 Å². The predicted octanol–water partition coefficient (Wildman–Crippen LogP) is 3.59. The van der Waals surface area contributed by atoms with Crippen LogP contribution in [0.15, 0.2) is 47.4 Å². The van der Waals surface area contributed by atoms with Gasteiger partial charge in [-0.25, -0.2) is 8.42 Å². The van der Waals surface area contributed by atoms with Crippen LogP contribution in [0.25, 0.3) is 0 Å². The van der Waals surface area contributed by atoms with Gasteiger partial charge in [0.25, 0.3) is 0 Å². The maximum absolute atomic E-state index is 12.9. The third-order valence-corrected chi connectivity index (χ3v) is 7.69. The van der Waals surface area contributed by atoms with Crippen molar-refractivity contribution < 1.29 is 17.9 Å². The number of amides is 1. The molecule has 1 fully saturated rings. The van der Waals surface area contributed by atoms with Gasteiger partial charge >= 0.3 is 0 Å². The summed E-state index contributed by atoms with van der Waals surface area (Å²) in [5.74, 6) is 0.423. The Kier molecular flexibility index (Phi) is 6.83. The van der Waals surface area contributed by atoms with Crippen molar-refractivity contribution in [2.75, 3.05) is 20.2 Å². The molecule has 1 amide bonds. The molecule has 2 aromatic rings. The largest absolute Gasteiger partial charge is 0.497 e. The van der Waals surface area contributed by atoms with E-state index in [4.69, 9.17) is 4.74 Å². The Bertz CT molecular complexity index is 994. The maximum Gasteiger partial charge on any atom is 0.243 e.